The highest BCUT2D eigenvalue weighted by Gasteiger charge is 2.01. The molecule has 16 heavy (non-hydrogen) atoms. The van der Waals surface area contributed by atoms with Crippen molar-refractivity contribution in [1.29, 1.82) is 0 Å². The summed E-state index contributed by atoms with van der Waals surface area (Å²) >= 11 is 3.37. The monoisotopic (exact) mass is 284 g/mol. The Bertz CT molecular complexity index is 393. The van der Waals surface area contributed by atoms with Crippen molar-refractivity contribution < 1.29 is 14.6 Å². The Morgan fingerprint density at radius 3 is 2.94 bits per heavy atom. The molecule has 0 saturated carbocycles. The Kier molecular flexibility index (Phi) is 5.94. The Balaban J connectivity index is 2.74. The zero-order valence-electron chi connectivity index (χ0n) is 9.00. The van der Waals surface area contributed by atoms with Crippen molar-refractivity contribution in [3.05, 3.63) is 28.2 Å². The van der Waals surface area contributed by atoms with Crippen molar-refractivity contribution in [3.63, 3.8) is 0 Å². The molecule has 86 valence electrons. The molecule has 0 saturated heterocycles. The number of halogens is 1. The standard InChI is InChI=1S/C12H13BrO3/c1-2-15-9-16-12-8-10(4-3-7-14)5-6-11(12)13/h5-6,8,14H,2,7,9H2,1H3. The minimum absolute atomic E-state index is 0.148. The molecule has 0 fully saturated rings. The van der Waals surface area contributed by atoms with Gasteiger partial charge in [0.15, 0.2) is 6.79 Å². The van der Waals surface area contributed by atoms with Crippen molar-refractivity contribution in [2.45, 2.75) is 6.92 Å². The Morgan fingerprint density at radius 2 is 2.25 bits per heavy atom. The zero-order valence-corrected chi connectivity index (χ0v) is 10.6. The summed E-state index contributed by atoms with van der Waals surface area (Å²) in [7, 11) is 0. The molecule has 0 heterocycles. The summed E-state index contributed by atoms with van der Waals surface area (Å²) in [5, 5.41) is 8.59. The lowest BCUT2D eigenvalue weighted by atomic mass is 10.2. The number of hydrogen-bond acceptors (Lipinski definition) is 3. The van der Waals surface area contributed by atoms with Gasteiger partial charge in [0, 0.05) is 12.2 Å². The van der Waals surface area contributed by atoms with Gasteiger partial charge < -0.3 is 14.6 Å². The van der Waals surface area contributed by atoms with E-state index in [4.69, 9.17) is 14.6 Å². The molecule has 0 aliphatic heterocycles. The quantitative estimate of drug-likeness (QED) is 0.523. The molecule has 1 aromatic rings. The molecule has 3 nitrogen and oxygen atoms in total. The average molecular weight is 285 g/mol. The van der Waals surface area contributed by atoms with E-state index in [2.05, 4.69) is 27.8 Å². The van der Waals surface area contributed by atoms with Crippen LogP contribution in [0.5, 0.6) is 5.75 Å². The lowest BCUT2D eigenvalue weighted by molar-refractivity contribution is 0.0219. The minimum Gasteiger partial charge on any atom is -0.466 e. The van der Waals surface area contributed by atoms with E-state index in [1.807, 2.05) is 19.1 Å². The maximum atomic E-state index is 8.59. The zero-order chi connectivity index (χ0) is 11.8. The fourth-order valence-corrected chi connectivity index (χ4v) is 1.38. The van der Waals surface area contributed by atoms with E-state index in [-0.39, 0.29) is 13.4 Å². The topological polar surface area (TPSA) is 38.7 Å². The van der Waals surface area contributed by atoms with E-state index in [0.29, 0.717) is 12.4 Å². The fraction of sp³-hybridized carbons (Fsp3) is 0.333. The van der Waals surface area contributed by atoms with Crippen LogP contribution >= 0.6 is 15.9 Å². The molecule has 0 atom stereocenters. The summed E-state index contributed by atoms with van der Waals surface area (Å²) < 4.78 is 11.3. The number of rotatable bonds is 4. The molecular weight excluding hydrogens is 272 g/mol. The molecule has 0 spiro atoms. The first-order valence-electron chi connectivity index (χ1n) is 4.87. The number of aliphatic hydroxyl groups is 1. The molecule has 0 aliphatic rings. The van der Waals surface area contributed by atoms with Crippen molar-refractivity contribution in [2.75, 3.05) is 20.0 Å². The van der Waals surface area contributed by atoms with Gasteiger partial charge in [-0.25, -0.2) is 0 Å². The third-order valence-electron chi connectivity index (χ3n) is 1.74. The molecule has 0 bridgehead atoms. The van der Waals surface area contributed by atoms with Crippen molar-refractivity contribution in [2.24, 2.45) is 0 Å². The maximum Gasteiger partial charge on any atom is 0.189 e. The van der Waals surface area contributed by atoms with Crippen LogP contribution in [0.2, 0.25) is 0 Å². The van der Waals surface area contributed by atoms with Crippen LogP contribution in [-0.4, -0.2) is 25.1 Å². The molecule has 4 heteroatoms. The van der Waals surface area contributed by atoms with E-state index in [9.17, 15) is 0 Å². The van der Waals surface area contributed by atoms with Gasteiger partial charge in [-0.3, -0.25) is 0 Å². The summed E-state index contributed by atoms with van der Waals surface area (Å²) in [5.74, 6) is 6.07. The largest absolute Gasteiger partial charge is 0.466 e. The lowest BCUT2D eigenvalue weighted by Gasteiger charge is -2.07. The van der Waals surface area contributed by atoms with Gasteiger partial charge in [-0.1, -0.05) is 11.8 Å². The fourth-order valence-electron chi connectivity index (χ4n) is 1.02. The van der Waals surface area contributed by atoms with Crippen molar-refractivity contribution >= 4 is 15.9 Å². The minimum atomic E-state index is -0.148. The first-order valence-corrected chi connectivity index (χ1v) is 5.67. The summed E-state index contributed by atoms with van der Waals surface area (Å²) in [6, 6.07) is 5.49. The third kappa shape index (κ3) is 4.23. The van der Waals surface area contributed by atoms with Gasteiger partial charge in [-0.05, 0) is 41.1 Å². The molecule has 0 aliphatic carbocycles. The molecule has 1 N–H and O–H groups in total. The second-order valence-electron chi connectivity index (χ2n) is 2.86. The van der Waals surface area contributed by atoms with Gasteiger partial charge in [0.05, 0.1) is 4.47 Å². The second-order valence-corrected chi connectivity index (χ2v) is 3.71. The first kappa shape index (κ1) is 13.0. The summed E-state index contributed by atoms with van der Waals surface area (Å²) in [5.41, 5.74) is 0.795. The summed E-state index contributed by atoms with van der Waals surface area (Å²) in [4.78, 5) is 0. The van der Waals surface area contributed by atoms with E-state index < -0.39 is 0 Å². The molecular formula is C12H13BrO3. The van der Waals surface area contributed by atoms with Crippen LogP contribution in [0, 0.1) is 11.8 Å². The van der Waals surface area contributed by atoms with Crippen LogP contribution in [0.3, 0.4) is 0 Å². The van der Waals surface area contributed by atoms with Crippen LogP contribution in [0.1, 0.15) is 12.5 Å². The van der Waals surface area contributed by atoms with Crippen LogP contribution in [0.15, 0.2) is 22.7 Å². The van der Waals surface area contributed by atoms with Crippen molar-refractivity contribution in [1.82, 2.24) is 0 Å². The van der Waals surface area contributed by atoms with Crippen molar-refractivity contribution in [3.8, 4) is 17.6 Å². The highest BCUT2D eigenvalue weighted by molar-refractivity contribution is 9.10. The van der Waals surface area contributed by atoms with E-state index in [0.717, 1.165) is 10.0 Å². The van der Waals surface area contributed by atoms with Gasteiger partial charge in [0.2, 0.25) is 0 Å². The van der Waals surface area contributed by atoms with Gasteiger partial charge >= 0.3 is 0 Å². The number of ether oxygens (including phenoxy) is 2. The predicted molar refractivity (Wildman–Crippen MR) is 65.2 cm³/mol. The second kappa shape index (κ2) is 7.29. The Labute approximate surface area is 104 Å². The smallest absolute Gasteiger partial charge is 0.189 e. The predicted octanol–water partition coefficient (Wildman–Crippen LogP) is 2.17. The maximum absolute atomic E-state index is 8.59. The molecule has 0 aromatic heterocycles. The highest BCUT2D eigenvalue weighted by Crippen LogP contribution is 2.25. The third-order valence-corrected chi connectivity index (χ3v) is 2.40. The van der Waals surface area contributed by atoms with Crippen LogP contribution in [0.25, 0.3) is 0 Å². The van der Waals surface area contributed by atoms with Crippen LogP contribution < -0.4 is 4.74 Å². The molecule has 1 rings (SSSR count). The number of hydrogen-bond donors (Lipinski definition) is 1. The van der Waals surface area contributed by atoms with Crippen LogP contribution in [0.4, 0.5) is 0 Å². The van der Waals surface area contributed by atoms with E-state index >= 15 is 0 Å². The van der Waals surface area contributed by atoms with E-state index in [1.54, 1.807) is 6.07 Å². The first-order chi connectivity index (χ1) is 7.77. The molecule has 0 radical (unpaired) electrons. The lowest BCUT2D eigenvalue weighted by Crippen LogP contribution is -2.02. The molecule has 0 unspecified atom stereocenters. The highest BCUT2D eigenvalue weighted by atomic mass is 79.9. The van der Waals surface area contributed by atoms with Gasteiger partial charge in [-0.2, -0.15) is 0 Å². The van der Waals surface area contributed by atoms with Gasteiger partial charge in [0.25, 0.3) is 0 Å². The summed E-state index contributed by atoms with van der Waals surface area (Å²) in [6.45, 7) is 2.58. The average Bonchev–Trinajstić information content (AvgIpc) is 2.30. The SMILES string of the molecule is CCOCOc1cc(C#CCO)ccc1Br. The van der Waals surface area contributed by atoms with E-state index in [1.165, 1.54) is 0 Å². The van der Waals surface area contributed by atoms with Gasteiger partial charge in [-0.15, -0.1) is 0 Å². The Hall–Kier alpha value is -1.02. The normalized spacial score (nSPS) is 9.44. The Morgan fingerprint density at radius 1 is 1.44 bits per heavy atom. The number of aliphatic hydroxyl groups excluding tert-OH is 1. The number of benzene rings is 1. The van der Waals surface area contributed by atoms with Gasteiger partial charge in [0.1, 0.15) is 12.4 Å². The molecule has 1 aromatic carbocycles. The summed E-state index contributed by atoms with van der Waals surface area (Å²) in [6.07, 6.45) is 0. The molecule has 0 amide bonds. The van der Waals surface area contributed by atoms with Crippen LogP contribution in [-0.2, 0) is 4.74 Å².